The largest absolute Gasteiger partial charge is 0.465 e. The highest BCUT2D eigenvalue weighted by Crippen LogP contribution is 2.13. The Hall–Kier alpha value is -0.770. The second-order valence-electron chi connectivity index (χ2n) is 6.55. The van der Waals surface area contributed by atoms with Crippen LogP contribution < -0.4 is 0 Å². The molecule has 2 amide bonds. The number of nitrogens with zero attached hydrogens (tertiary/aromatic N) is 1. The zero-order chi connectivity index (χ0) is 17.3. The van der Waals surface area contributed by atoms with Crippen LogP contribution >= 0.6 is 12.4 Å². The zero-order valence-corrected chi connectivity index (χ0v) is 16.5. The van der Waals surface area contributed by atoms with Crippen molar-refractivity contribution >= 4 is 24.4 Å². The lowest BCUT2D eigenvalue weighted by atomic mass is 10.0. The molecule has 0 aromatic carbocycles. The van der Waals surface area contributed by atoms with E-state index in [-0.39, 0.29) is 18.3 Å². The summed E-state index contributed by atoms with van der Waals surface area (Å²) < 4.78 is 0. The van der Waals surface area contributed by atoms with Crippen LogP contribution in [-0.2, 0) is 4.79 Å². The number of imide groups is 1. The molecule has 0 bridgehead atoms. The lowest BCUT2D eigenvalue weighted by molar-refractivity contribution is -0.126. The lowest BCUT2D eigenvalue weighted by Gasteiger charge is -2.14. The first-order valence-corrected chi connectivity index (χ1v) is 9.60. The van der Waals surface area contributed by atoms with E-state index in [1.165, 1.54) is 77.6 Å². The molecule has 0 aromatic heterocycles. The number of unbranched alkanes of at least 4 members (excludes halogenated alkanes) is 13. The van der Waals surface area contributed by atoms with Gasteiger partial charge in [0.1, 0.15) is 0 Å². The summed E-state index contributed by atoms with van der Waals surface area (Å²) in [7, 11) is 0. The molecule has 0 spiro atoms. The number of hydrogen-bond acceptors (Lipinski definition) is 2. The molecule has 4 nitrogen and oxygen atoms in total. The topological polar surface area (TPSA) is 57.6 Å². The minimum absolute atomic E-state index is 0. The first-order chi connectivity index (χ1) is 11.1. The minimum atomic E-state index is -1.13. The molecule has 0 atom stereocenters. The average Bonchev–Trinajstić information content (AvgIpc) is 2.50. The number of rotatable bonds is 15. The van der Waals surface area contributed by atoms with Crippen LogP contribution in [0.3, 0.4) is 0 Å². The molecule has 0 aliphatic rings. The summed E-state index contributed by atoms with van der Waals surface area (Å²) in [5.41, 5.74) is 0. The van der Waals surface area contributed by atoms with Crippen molar-refractivity contribution in [2.45, 2.75) is 104 Å². The van der Waals surface area contributed by atoms with Gasteiger partial charge in [-0.1, -0.05) is 90.4 Å². The maximum atomic E-state index is 11.1. The highest BCUT2D eigenvalue weighted by molar-refractivity contribution is 5.89. The van der Waals surface area contributed by atoms with Gasteiger partial charge >= 0.3 is 6.09 Å². The maximum Gasteiger partial charge on any atom is 0.414 e. The van der Waals surface area contributed by atoms with Gasteiger partial charge in [-0.15, -0.1) is 12.4 Å². The van der Waals surface area contributed by atoms with Gasteiger partial charge < -0.3 is 5.11 Å². The maximum absolute atomic E-state index is 11.1. The Morgan fingerprint density at radius 2 is 1.04 bits per heavy atom. The Bertz CT molecular complexity index is 297. The Morgan fingerprint density at radius 1 is 0.708 bits per heavy atom. The molecular formula is C19H38ClNO3. The molecule has 0 heterocycles. The number of carbonyl (C=O) groups is 2. The molecule has 0 rings (SSSR count). The molecule has 0 aromatic rings. The molecule has 5 heteroatoms. The van der Waals surface area contributed by atoms with Crippen LogP contribution in [0.5, 0.6) is 0 Å². The summed E-state index contributed by atoms with van der Waals surface area (Å²) in [6.07, 6.45) is 16.7. The van der Waals surface area contributed by atoms with Crippen molar-refractivity contribution in [2.24, 2.45) is 0 Å². The van der Waals surface area contributed by atoms with Gasteiger partial charge in [-0.05, 0) is 6.42 Å². The molecule has 0 unspecified atom stereocenters. The second kappa shape index (κ2) is 18.6. The van der Waals surface area contributed by atoms with E-state index in [1.54, 1.807) is 0 Å². The van der Waals surface area contributed by atoms with Gasteiger partial charge in [0.05, 0.1) is 0 Å². The molecule has 0 fully saturated rings. The van der Waals surface area contributed by atoms with E-state index in [1.807, 2.05) is 0 Å². The highest BCUT2D eigenvalue weighted by Gasteiger charge is 2.15. The van der Waals surface area contributed by atoms with Gasteiger partial charge in [-0.25, -0.2) is 9.69 Å². The summed E-state index contributed by atoms with van der Waals surface area (Å²) in [4.78, 5) is 22.8. The Balaban J connectivity index is 0. The minimum Gasteiger partial charge on any atom is -0.465 e. The number of carbonyl (C=O) groups excluding carboxylic acids is 1. The molecule has 0 radical (unpaired) electrons. The van der Waals surface area contributed by atoms with Crippen LogP contribution in [0, 0.1) is 0 Å². The molecule has 0 aliphatic carbocycles. The van der Waals surface area contributed by atoms with E-state index >= 15 is 0 Å². The number of amides is 2. The fourth-order valence-corrected chi connectivity index (χ4v) is 2.85. The first-order valence-electron chi connectivity index (χ1n) is 9.60. The number of carboxylic acid groups (broad SMARTS) is 1. The van der Waals surface area contributed by atoms with Gasteiger partial charge in [0.25, 0.3) is 0 Å². The average molecular weight is 364 g/mol. The summed E-state index contributed by atoms with van der Waals surface area (Å²) in [6.45, 7) is 3.89. The van der Waals surface area contributed by atoms with Gasteiger partial charge in [0.15, 0.2) is 0 Å². The number of hydrogen-bond donors (Lipinski definition) is 1. The van der Waals surface area contributed by atoms with Gasteiger partial charge in [-0.3, -0.25) is 4.79 Å². The van der Waals surface area contributed by atoms with Crippen molar-refractivity contribution in [3.8, 4) is 0 Å². The molecule has 0 saturated carbocycles. The fraction of sp³-hybridized carbons (Fsp3) is 0.895. The van der Waals surface area contributed by atoms with Crippen molar-refractivity contribution in [3.05, 3.63) is 0 Å². The van der Waals surface area contributed by atoms with Crippen LogP contribution in [0.25, 0.3) is 0 Å². The van der Waals surface area contributed by atoms with Crippen LogP contribution in [0.15, 0.2) is 0 Å². The SMILES string of the molecule is CCCCCCCCCCCCCCCCN(C(C)=O)C(=O)O.Cl. The molecule has 0 saturated heterocycles. The van der Waals surface area contributed by atoms with Crippen LogP contribution in [0.4, 0.5) is 4.79 Å². The third-order valence-corrected chi connectivity index (χ3v) is 4.35. The monoisotopic (exact) mass is 363 g/mol. The predicted octanol–water partition coefficient (Wildman–Crippen LogP) is 6.42. The first kappa shape index (κ1) is 25.5. The predicted molar refractivity (Wildman–Crippen MR) is 103 cm³/mol. The molecule has 1 N–H and O–H groups in total. The normalized spacial score (nSPS) is 10.2. The van der Waals surface area contributed by atoms with E-state index in [2.05, 4.69) is 6.92 Å². The Kier molecular flexibility index (Phi) is 19.7. The lowest BCUT2D eigenvalue weighted by Crippen LogP contribution is -2.34. The summed E-state index contributed by atoms with van der Waals surface area (Å²) >= 11 is 0. The van der Waals surface area contributed by atoms with E-state index < -0.39 is 6.09 Å². The van der Waals surface area contributed by atoms with Crippen molar-refractivity contribution < 1.29 is 14.7 Å². The van der Waals surface area contributed by atoms with E-state index in [0.717, 1.165) is 24.2 Å². The quantitative estimate of drug-likeness (QED) is 0.341. The number of halogens is 1. The Labute approximate surface area is 154 Å². The molecule has 0 aliphatic heterocycles. The van der Waals surface area contributed by atoms with Crippen molar-refractivity contribution in [3.63, 3.8) is 0 Å². The van der Waals surface area contributed by atoms with Crippen molar-refractivity contribution in [2.75, 3.05) is 6.54 Å². The van der Waals surface area contributed by atoms with E-state index in [9.17, 15) is 9.59 Å². The standard InChI is InChI=1S/C19H37NO3.ClH/c1-3-4-5-6-7-8-9-10-11-12-13-14-15-16-17-20(18(2)21)19(22)23;/h3-17H2,1-2H3,(H,22,23);1H. The fourth-order valence-electron chi connectivity index (χ4n) is 2.85. The summed E-state index contributed by atoms with van der Waals surface area (Å²) in [5, 5.41) is 8.85. The molecule has 24 heavy (non-hydrogen) atoms. The van der Waals surface area contributed by atoms with E-state index in [0.29, 0.717) is 6.54 Å². The Morgan fingerprint density at radius 3 is 1.33 bits per heavy atom. The second-order valence-corrected chi connectivity index (χ2v) is 6.55. The zero-order valence-electron chi connectivity index (χ0n) is 15.7. The van der Waals surface area contributed by atoms with E-state index in [4.69, 9.17) is 5.11 Å². The smallest absolute Gasteiger partial charge is 0.414 e. The third kappa shape index (κ3) is 16.1. The molecular weight excluding hydrogens is 326 g/mol. The van der Waals surface area contributed by atoms with Crippen LogP contribution in [0.2, 0.25) is 0 Å². The summed E-state index contributed by atoms with van der Waals surface area (Å²) in [5.74, 6) is -0.382. The molecule has 144 valence electrons. The van der Waals surface area contributed by atoms with Crippen LogP contribution in [-0.4, -0.2) is 28.6 Å². The highest BCUT2D eigenvalue weighted by atomic mass is 35.5. The van der Waals surface area contributed by atoms with Crippen LogP contribution in [0.1, 0.15) is 104 Å². The van der Waals surface area contributed by atoms with Gasteiger partial charge in [0, 0.05) is 13.5 Å². The van der Waals surface area contributed by atoms with Crippen molar-refractivity contribution in [1.29, 1.82) is 0 Å². The summed E-state index contributed by atoms with van der Waals surface area (Å²) in [6, 6.07) is 0. The van der Waals surface area contributed by atoms with Gasteiger partial charge in [0.2, 0.25) is 5.91 Å². The van der Waals surface area contributed by atoms with Crippen molar-refractivity contribution in [1.82, 2.24) is 4.90 Å². The third-order valence-electron chi connectivity index (χ3n) is 4.35. The van der Waals surface area contributed by atoms with Gasteiger partial charge in [-0.2, -0.15) is 0 Å².